The van der Waals surface area contributed by atoms with Gasteiger partial charge in [-0.3, -0.25) is 4.79 Å². The lowest BCUT2D eigenvalue weighted by Crippen LogP contribution is -2.07. The van der Waals surface area contributed by atoms with E-state index in [2.05, 4.69) is 10.1 Å². The van der Waals surface area contributed by atoms with Crippen LogP contribution < -0.4 is 5.56 Å². The van der Waals surface area contributed by atoms with Gasteiger partial charge in [-0.25, -0.2) is 8.91 Å². The highest BCUT2D eigenvalue weighted by Gasteiger charge is 2.06. The summed E-state index contributed by atoms with van der Waals surface area (Å²) in [6.07, 6.45) is 3.18. The first-order chi connectivity index (χ1) is 8.24. The zero-order valence-corrected chi connectivity index (χ0v) is 8.72. The third-order valence-electron chi connectivity index (χ3n) is 2.54. The molecule has 4 nitrogen and oxygen atoms in total. The zero-order chi connectivity index (χ0) is 11.8. The minimum absolute atomic E-state index is 0.201. The van der Waals surface area contributed by atoms with E-state index in [1.807, 2.05) is 0 Å². The average molecular weight is 229 g/mol. The van der Waals surface area contributed by atoms with Crippen molar-refractivity contribution >= 4 is 5.52 Å². The van der Waals surface area contributed by atoms with Gasteiger partial charge in [0.25, 0.3) is 5.56 Å². The summed E-state index contributed by atoms with van der Waals surface area (Å²) in [4.78, 5) is 14.1. The van der Waals surface area contributed by atoms with E-state index < -0.39 is 0 Å². The van der Waals surface area contributed by atoms with Crippen molar-refractivity contribution in [2.75, 3.05) is 0 Å². The van der Waals surface area contributed by atoms with Crippen LogP contribution in [0.25, 0.3) is 16.8 Å². The van der Waals surface area contributed by atoms with Crippen LogP contribution in [0.15, 0.2) is 47.5 Å². The fourth-order valence-corrected chi connectivity index (χ4v) is 1.70. The normalized spacial score (nSPS) is 10.9. The molecule has 3 rings (SSSR count). The van der Waals surface area contributed by atoms with E-state index in [-0.39, 0.29) is 11.4 Å². The number of hydrogen-bond donors (Lipinski definition) is 1. The quantitative estimate of drug-likeness (QED) is 0.692. The van der Waals surface area contributed by atoms with Crippen LogP contribution in [-0.2, 0) is 0 Å². The Morgan fingerprint density at radius 1 is 1.24 bits per heavy atom. The molecule has 0 aliphatic heterocycles. The summed E-state index contributed by atoms with van der Waals surface area (Å²) in [5.74, 6) is -0.296. The second kappa shape index (κ2) is 3.55. The second-order valence-electron chi connectivity index (χ2n) is 3.66. The molecule has 0 aliphatic carbocycles. The first-order valence-corrected chi connectivity index (χ1v) is 5.07. The van der Waals surface area contributed by atoms with Gasteiger partial charge in [0.05, 0.1) is 5.69 Å². The van der Waals surface area contributed by atoms with E-state index in [1.165, 1.54) is 22.8 Å². The Bertz CT molecular complexity index is 727. The molecule has 0 fully saturated rings. The number of rotatable bonds is 1. The van der Waals surface area contributed by atoms with E-state index in [9.17, 15) is 9.18 Å². The van der Waals surface area contributed by atoms with Crippen LogP contribution in [0.4, 0.5) is 4.39 Å². The smallest absolute Gasteiger partial charge is 0.273 e. The van der Waals surface area contributed by atoms with Crippen molar-refractivity contribution in [1.82, 2.24) is 14.6 Å². The Hall–Kier alpha value is -2.43. The number of hydrogen-bond acceptors (Lipinski definition) is 2. The predicted molar refractivity (Wildman–Crippen MR) is 61.2 cm³/mol. The summed E-state index contributed by atoms with van der Waals surface area (Å²) in [6.45, 7) is 0. The lowest BCUT2D eigenvalue weighted by Gasteiger charge is -1.94. The minimum Gasteiger partial charge on any atom is -0.326 e. The third-order valence-corrected chi connectivity index (χ3v) is 2.54. The Balaban J connectivity index is 2.21. The highest BCUT2D eigenvalue weighted by molar-refractivity contribution is 5.65. The van der Waals surface area contributed by atoms with Gasteiger partial charge in [0.1, 0.15) is 11.3 Å². The van der Waals surface area contributed by atoms with Gasteiger partial charge in [-0.1, -0.05) is 0 Å². The predicted octanol–water partition coefficient (Wildman–Crippen LogP) is 1.83. The van der Waals surface area contributed by atoms with Gasteiger partial charge in [0.2, 0.25) is 0 Å². The first kappa shape index (κ1) is 9.77. The molecule has 2 aromatic heterocycles. The maximum atomic E-state index is 12.8. The Kier molecular flexibility index (Phi) is 2.04. The molecule has 0 radical (unpaired) electrons. The van der Waals surface area contributed by atoms with Gasteiger partial charge in [-0.15, -0.1) is 0 Å². The topological polar surface area (TPSA) is 50.2 Å². The Morgan fingerprint density at radius 2 is 2.00 bits per heavy atom. The molecule has 0 amide bonds. The Labute approximate surface area is 95.3 Å². The summed E-state index contributed by atoms with van der Waals surface area (Å²) in [5, 5.41) is 4.25. The first-order valence-electron chi connectivity index (χ1n) is 5.07. The number of fused-ring (bicyclic) bond motifs is 1. The molecule has 17 heavy (non-hydrogen) atoms. The fourth-order valence-electron chi connectivity index (χ4n) is 1.70. The third kappa shape index (κ3) is 1.61. The molecule has 2 heterocycles. The van der Waals surface area contributed by atoms with Gasteiger partial charge in [-0.2, -0.15) is 5.10 Å². The number of aromatic amines is 1. The molecule has 1 aromatic carbocycles. The Morgan fingerprint density at radius 3 is 2.71 bits per heavy atom. The van der Waals surface area contributed by atoms with E-state index in [0.717, 1.165) is 5.56 Å². The maximum Gasteiger partial charge on any atom is 0.273 e. The zero-order valence-electron chi connectivity index (χ0n) is 8.72. The molecule has 84 valence electrons. The molecule has 0 unspecified atom stereocenters. The van der Waals surface area contributed by atoms with Crippen LogP contribution in [0.5, 0.6) is 0 Å². The van der Waals surface area contributed by atoms with Crippen molar-refractivity contribution in [3.63, 3.8) is 0 Å². The molecule has 0 spiro atoms. The largest absolute Gasteiger partial charge is 0.326 e. The van der Waals surface area contributed by atoms with Crippen molar-refractivity contribution in [2.45, 2.75) is 0 Å². The van der Waals surface area contributed by atoms with Crippen LogP contribution in [-0.4, -0.2) is 14.6 Å². The monoisotopic (exact) mass is 229 g/mol. The van der Waals surface area contributed by atoms with Crippen molar-refractivity contribution in [1.29, 1.82) is 0 Å². The molecule has 0 saturated carbocycles. The second-order valence-corrected chi connectivity index (χ2v) is 3.66. The van der Waals surface area contributed by atoms with Crippen LogP contribution in [0.1, 0.15) is 0 Å². The summed E-state index contributed by atoms with van der Waals surface area (Å²) >= 11 is 0. The molecule has 5 heteroatoms. The van der Waals surface area contributed by atoms with Gasteiger partial charge < -0.3 is 4.98 Å². The standard InChI is InChI=1S/C12H8FN3O/c13-9-3-1-8(2-4-9)10-7-11-12(17)14-5-6-16(11)15-10/h1-7H,(H,14,17). The van der Waals surface area contributed by atoms with E-state index in [1.54, 1.807) is 24.4 Å². The number of halogens is 1. The molecule has 1 N–H and O–H groups in total. The lowest BCUT2D eigenvalue weighted by atomic mass is 10.1. The number of H-pyrrole nitrogens is 1. The van der Waals surface area contributed by atoms with E-state index >= 15 is 0 Å². The molecular weight excluding hydrogens is 221 g/mol. The van der Waals surface area contributed by atoms with Crippen molar-refractivity contribution < 1.29 is 4.39 Å². The summed E-state index contributed by atoms with van der Waals surface area (Å²) in [5.41, 5.74) is 1.68. The summed E-state index contributed by atoms with van der Waals surface area (Å²) < 4.78 is 14.3. The number of aromatic nitrogens is 3. The summed E-state index contributed by atoms with van der Waals surface area (Å²) in [6, 6.07) is 7.66. The highest BCUT2D eigenvalue weighted by atomic mass is 19.1. The van der Waals surface area contributed by atoms with Crippen molar-refractivity contribution in [3.8, 4) is 11.3 Å². The van der Waals surface area contributed by atoms with Gasteiger partial charge in [0.15, 0.2) is 0 Å². The van der Waals surface area contributed by atoms with Crippen molar-refractivity contribution in [3.05, 3.63) is 58.9 Å². The van der Waals surface area contributed by atoms with Gasteiger partial charge in [0, 0.05) is 18.0 Å². The van der Waals surface area contributed by atoms with Crippen LogP contribution in [0.3, 0.4) is 0 Å². The molecule has 0 aliphatic rings. The molecular formula is C12H8FN3O. The van der Waals surface area contributed by atoms with Crippen LogP contribution >= 0.6 is 0 Å². The van der Waals surface area contributed by atoms with Crippen LogP contribution in [0.2, 0.25) is 0 Å². The number of nitrogens with one attached hydrogen (secondary N) is 1. The lowest BCUT2D eigenvalue weighted by molar-refractivity contribution is 0.628. The summed E-state index contributed by atoms with van der Waals surface area (Å²) in [7, 11) is 0. The van der Waals surface area contributed by atoms with E-state index in [0.29, 0.717) is 11.2 Å². The van der Waals surface area contributed by atoms with Gasteiger partial charge in [-0.05, 0) is 30.3 Å². The van der Waals surface area contributed by atoms with Gasteiger partial charge >= 0.3 is 0 Å². The SMILES string of the molecule is O=c1[nH]ccn2nc(-c3ccc(F)cc3)cc12. The molecule has 0 saturated heterocycles. The van der Waals surface area contributed by atoms with E-state index in [4.69, 9.17) is 0 Å². The minimum atomic E-state index is -0.296. The highest BCUT2D eigenvalue weighted by Crippen LogP contribution is 2.18. The molecule has 0 bridgehead atoms. The fraction of sp³-hybridized carbons (Fsp3) is 0. The average Bonchev–Trinajstić information content (AvgIpc) is 2.75. The van der Waals surface area contributed by atoms with Crippen LogP contribution in [0, 0.1) is 5.82 Å². The molecule has 3 aromatic rings. The number of benzene rings is 1. The number of nitrogens with zero attached hydrogens (tertiary/aromatic N) is 2. The maximum absolute atomic E-state index is 12.8. The molecule has 0 atom stereocenters. The van der Waals surface area contributed by atoms with Crippen molar-refractivity contribution in [2.24, 2.45) is 0 Å².